The minimum atomic E-state index is -0.0336. The number of hydrogen-bond acceptors (Lipinski definition) is 5. The number of amides is 1. The number of ether oxygens (including phenoxy) is 2. The smallest absolute Gasteiger partial charge is 0.248 e. The molecule has 2 saturated heterocycles. The average molecular weight is 379 g/mol. The van der Waals surface area contributed by atoms with E-state index in [1.165, 1.54) is 10.4 Å². The Morgan fingerprint density at radius 1 is 1.38 bits per heavy atom. The van der Waals surface area contributed by atoms with Gasteiger partial charge in [-0.3, -0.25) is 4.79 Å². The van der Waals surface area contributed by atoms with E-state index in [0.717, 1.165) is 65.0 Å². The van der Waals surface area contributed by atoms with Crippen molar-refractivity contribution >= 4 is 17.2 Å². The summed E-state index contributed by atoms with van der Waals surface area (Å²) in [6.07, 6.45) is 4.40. The molecule has 0 unspecified atom stereocenters. The van der Waals surface area contributed by atoms with Crippen molar-refractivity contribution in [3.05, 3.63) is 21.4 Å². The van der Waals surface area contributed by atoms with Crippen LogP contribution in [0.4, 0.5) is 0 Å². The van der Waals surface area contributed by atoms with Crippen molar-refractivity contribution in [2.45, 2.75) is 38.2 Å². The summed E-state index contributed by atoms with van der Waals surface area (Å²) >= 11 is 1.99. The Labute approximate surface area is 160 Å². The summed E-state index contributed by atoms with van der Waals surface area (Å²) in [4.78, 5) is 19.3. The third kappa shape index (κ3) is 3.44. The molecule has 0 radical (unpaired) electrons. The quantitative estimate of drug-likeness (QED) is 0.788. The van der Waals surface area contributed by atoms with Gasteiger partial charge in [0.05, 0.1) is 12.2 Å². The zero-order chi connectivity index (χ0) is 18.1. The Kier molecular flexibility index (Phi) is 5.37. The lowest BCUT2D eigenvalue weighted by atomic mass is 9.82. The SMILES string of the molecule is CCc1cc2c(s1)CCOC21CCN(CC2CN(C(=O)COC)C2)CC1. The van der Waals surface area contributed by atoms with Crippen LogP contribution in [0.15, 0.2) is 6.07 Å². The van der Waals surface area contributed by atoms with Gasteiger partial charge in [-0.15, -0.1) is 11.3 Å². The number of hydrogen-bond donors (Lipinski definition) is 0. The van der Waals surface area contributed by atoms with Crippen molar-refractivity contribution < 1.29 is 14.3 Å². The van der Waals surface area contributed by atoms with Gasteiger partial charge >= 0.3 is 0 Å². The molecule has 0 N–H and O–H groups in total. The summed E-state index contributed by atoms with van der Waals surface area (Å²) in [5.41, 5.74) is 1.46. The third-order valence-electron chi connectivity index (χ3n) is 6.16. The number of likely N-dealkylation sites (tertiary alicyclic amines) is 2. The molecule has 5 nitrogen and oxygen atoms in total. The first-order chi connectivity index (χ1) is 12.6. The van der Waals surface area contributed by atoms with Gasteiger partial charge in [-0.25, -0.2) is 0 Å². The first-order valence-corrected chi connectivity index (χ1v) is 10.7. The number of piperidine rings is 1. The van der Waals surface area contributed by atoms with Crippen LogP contribution in [0, 0.1) is 5.92 Å². The highest BCUT2D eigenvalue weighted by molar-refractivity contribution is 7.12. The standard InChI is InChI=1S/C20H30N2O3S/c1-3-16-10-17-18(26-16)4-9-25-20(17)5-7-21(8-6-20)11-15-12-22(13-15)19(23)14-24-2/h10,15H,3-9,11-14H2,1-2H3. The molecule has 0 aromatic carbocycles. The van der Waals surface area contributed by atoms with Gasteiger partial charge in [0.1, 0.15) is 6.61 Å². The fourth-order valence-electron chi connectivity index (χ4n) is 4.63. The zero-order valence-corrected chi connectivity index (χ0v) is 16.8. The van der Waals surface area contributed by atoms with Gasteiger partial charge in [0.25, 0.3) is 0 Å². The first kappa shape index (κ1) is 18.4. The van der Waals surface area contributed by atoms with Gasteiger partial charge in [0, 0.05) is 61.9 Å². The number of carbonyl (C=O) groups is 1. The van der Waals surface area contributed by atoms with Crippen LogP contribution in [0.25, 0.3) is 0 Å². The second kappa shape index (κ2) is 7.58. The molecule has 144 valence electrons. The Morgan fingerprint density at radius 2 is 2.15 bits per heavy atom. The molecule has 6 heteroatoms. The van der Waals surface area contributed by atoms with Crippen molar-refractivity contribution in [3.8, 4) is 0 Å². The number of thiophene rings is 1. The molecule has 2 fully saturated rings. The van der Waals surface area contributed by atoms with Crippen molar-refractivity contribution in [3.63, 3.8) is 0 Å². The van der Waals surface area contributed by atoms with Crippen molar-refractivity contribution in [1.29, 1.82) is 0 Å². The van der Waals surface area contributed by atoms with E-state index in [-0.39, 0.29) is 18.1 Å². The lowest BCUT2D eigenvalue weighted by Gasteiger charge is -2.47. The highest BCUT2D eigenvalue weighted by Crippen LogP contribution is 2.44. The maximum Gasteiger partial charge on any atom is 0.248 e. The van der Waals surface area contributed by atoms with Crippen LogP contribution in [-0.4, -0.2) is 68.8 Å². The van der Waals surface area contributed by atoms with Gasteiger partial charge < -0.3 is 19.3 Å². The average Bonchev–Trinajstić information content (AvgIpc) is 3.04. The van der Waals surface area contributed by atoms with E-state index in [4.69, 9.17) is 9.47 Å². The van der Waals surface area contributed by atoms with E-state index in [0.29, 0.717) is 5.92 Å². The predicted octanol–water partition coefficient (Wildman–Crippen LogP) is 2.28. The highest BCUT2D eigenvalue weighted by atomic mass is 32.1. The lowest BCUT2D eigenvalue weighted by molar-refractivity contribution is -0.142. The summed E-state index contributed by atoms with van der Waals surface area (Å²) in [6.45, 7) is 8.38. The molecular formula is C20H30N2O3S. The fourth-order valence-corrected chi connectivity index (χ4v) is 5.80. The fraction of sp³-hybridized carbons (Fsp3) is 0.750. The second-order valence-corrected chi connectivity index (χ2v) is 9.12. The minimum absolute atomic E-state index is 0.0336. The molecule has 1 spiro atoms. The first-order valence-electron chi connectivity index (χ1n) is 9.88. The molecule has 0 aliphatic carbocycles. The van der Waals surface area contributed by atoms with Crippen LogP contribution < -0.4 is 0 Å². The molecule has 3 aliphatic rings. The Hall–Kier alpha value is -0.950. The molecule has 0 saturated carbocycles. The summed E-state index contributed by atoms with van der Waals surface area (Å²) in [5.74, 6) is 0.731. The van der Waals surface area contributed by atoms with Crippen LogP contribution >= 0.6 is 11.3 Å². The van der Waals surface area contributed by atoms with Crippen LogP contribution in [0.5, 0.6) is 0 Å². The highest BCUT2D eigenvalue weighted by Gasteiger charge is 2.42. The van der Waals surface area contributed by atoms with Crippen LogP contribution in [0.1, 0.15) is 35.1 Å². The van der Waals surface area contributed by atoms with Crippen LogP contribution in [0.3, 0.4) is 0 Å². The number of carbonyl (C=O) groups excluding carboxylic acids is 1. The van der Waals surface area contributed by atoms with Crippen molar-refractivity contribution in [1.82, 2.24) is 9.80 Å². The van der Waals surface area contributed by atoms with E-state index >= 15 is 0 Å². The number of fused-ring (bicyclic) bond motifs is 2. The Bertz CT molecular complexity index is 645. The van der Waals surface area contributed by atoms with Gasteiger partial charge in [0.2, 0.25) is 5.91 Å². The molecule has 4 rings (SSSR count). The molecule has 1 amide bonds. The maximum atomic E-state index is 11.8. The largest absolute Gasteiger partial charge is 0.375 e. The molecule has 0 bridgehead atoms. The summed E-state index contributed by atoms with van der Waals surface area (Å²) in [5, 5.41) is 0. The molecular weight excluding hydrogens is 348 g/mol. The molecule has 4 heterocycles. The van der Waals surface area contributed by atoms with Gasteiger partial charge in [0.15, 0.2) is 0 Å². The Balaban J connectivity index is 1.30. The summed E-state index contributed by atoms with van der Waals surface area (Å²) in [6, 6.07) is 2.42. The van der Waals surface area contributed by atoms with E-state index in [9.17, 15) is 4.79 Å². The van der Waals surface area contributed by atoms with Crippen molar-refractivity contribution in [2.75, 3.05) is 53.0 Å². The Morgan fingerprint density at radius 3 is 2.85 bits per heavy atom. The van der Waals surface area contributed by atoms with E-state index in [2.05, 4.69) is 17.9 Å². The molecule has 1 aromatic rings. The van der Waals surface area contributed by atoms with Crippen molar-refractivity contribution in [2.24, 2.45) is 5.92 Å². The molecule has 1 aromatic heterocycles. The minimum Gasteiger partial charge on any atom is -0.375 e. The summed E-state index contributed by atoms with van der Waals surface area (Å²) < 4.78 is 11.3. The molecule has 26 heavy (non-hydrogen) atoms. The lowest BCUT2D eigenvalue weighted by Crippen LogP contribution is -2.56. The normalized spacial score (nSPS) is 23.1. The van der Waals surface area contributed by atoms with Crippen LogP contribution in [0.2, 0.25) is 0 Å². The van der Waals surface area contributed by atoms with E-state index in [1.54, 1.807) is 12.0 Å². The monoisotopic (exact) mass is 378 g/mol. The van der Waals surface area contributed by atoms with Gasteiger partial charge in [-0.05, 0) is 30.9 Å². The van der Waals surface area contributed by atoms with Gasteiger partial charge in [-0.1, -0.05) is 6.92 Å². The topological polar surface area (TPSA) is 42.0 Å². The van der Waals surface area contributed by atoms with E-state index < -0.39 is 0 Å². The number of methoxy groups -OCH3 is 1. The maximum absolute atomic E-state index is 11.8. The molecule has 3 aliphatic heterocycles. The second-order valence-electron chi connectivity index (χ2n) is 7.89. The number of nitrogens with zero attached hydrogens (tertiary/aromatic N) is 2. The summed E-state index contributed by atoms with van der Waals surface area (Å²) in [7, 11) is 1.58. The zero-order valence-electron chi connectivity index (χ0n) is 16.0. The predicted molar refractivity (Wildman–Crippen MR) is 103 cm³/mol. The van der Waals surface area contributed by atoms with E-state index in [1.807, 2.05) is 16.2 Å². The number of rotatable bonds is 5. The number of aryl methyl sites for hydroxylation is 1. The third-order valence-corrected chi connectivity index (χ3v) is 7.50. The molecule has 0 atom stereocenters. The van der Waals surface area contributed by atoms with Gasteiger partial charge in [-0.2, -0.15) is 0 Å². The van der Waals surface area contributed by atoms with Crippen LogP contribution in [-0.2, 0) is 32.7 Å².